The summed E-state index contributed by atoms with van der Waals surface area (Å²) in [5.74, 6) is -0.510. The maximum atomic E-state index is 12.2. The molecule has 1 atom stereocenters. The van der Waals surface area contributed by atoms with Crippen LogP contribution in [0, 0.1) is 0 Å². The van der Waals surface area contributed by atoms with Crippen LogP contribution in [-0.2, 0) is 9.53 Å². The van der Waals surface area contributed by atoms with Crippen LogP contribution in [0.2, 0.25) is 0 Å². The van der Waals surface area contributed by atoms with Gasteiger partial charge in [-0.25, -0.2) is 4.79 Å². The van der Waals surface area contributed by atoms with Gasteiger partial charge in [0.1, 0.15) is 5.75 Å². The number of esters is 1. The minimum absolute atomic E-state index is 0.170. The third kappa shape index (κ3) is 5.69. The van der Waals surface area contributed by atoms with Crippen LogP contribution < -0.4 is 5.32 Å². The summed E-state index contributed by atoms with van der Waals surface area (Å²) >= 11 is 0. The standard InChI is InChI=1S/C24H23NO4/c1-17(18-5-3-2-4-6-18)15-25-23(27)16-29-24(28)21-9-7-19(8-10-21)20-11-13-22(26)14-12-20/h2-14,17,26H,15-16H2,1H3,(H,25,27)/t17-/m0/s1. The van der Waals surface area contributed by atoms with Gasteiger partial charge in [0.25, 0.3) is 5.91 Å². The predicted molar refractivity (Wildman–Crippen MR) is 112 cm³/mol. The van der Waals surface area contributed by atoms with Crippen molar-refractivity contribution in [3.8, 4) is 16.9 Å². The van der Waals surface area contributed by atoms with Crippen LogP contribution in [0.4, 0.5) is 0 Å². The lowest BCUT2D eigenvalue weighted by Crippen LogP contribution is -2.31. The Bertz CT molecular complexity index is 950. The van der Waals surface area contributed by atoms with Crippen LogP contribution in [0.15, 0.2) is 78.9 Å². The SMILES string of the molecule is C[C@@H](CNC(=O)COC(=O)c1ccc(-c2ccc(O)cc2)cc1)c1ccccc1. The van der Waals surface area contributed by atoms with Gasteiger partial charge < -0.3 is 15.2 Å². The van der Waals surface area contributed by atoms with Crippen molar-refractivity contribution >= 4 is 11.9 Å². The maximum absolute atomic E-state index is 12.2. The van der Waals surface area contributed by atoms with Crippen LogP contribution >= 0.6 is 0 Å². The number of phenolic OH excluding ortho intramolecular Hbond substituents is 1. The van der Waals surface area contributed by atoms with Gasteiger partial charge in [-0.15, -0.1) is 0 Å². The van der Waals surface area contributed by atoms with Crippen LogP contribution in [0.3, 0.4) is 0 Å². The molecule has 0 aliphatic rings. The van der Waals surface area contributed by atoms with E-state index in [2.05, 4.69) is 5.32 Å². The highest BCUT2D eigenvalue weighted by molar-refractivity contribution is 5.91. The van der Waals surface area contributed by atoms with E-state index in [1.165, 1.54) is 0 Å². The Kier molecular flexibility index (Phi) is 6.63. The van der Waals surface area contributed by atoms with Crippen LogP contribution in [-0.4, -0.2) is 30.1 Å². The summed E-state index contributed by atoms with van der Waals surface area (Å²) in [4.78, 5) is 24.1. The molecule has 3 rings (SSSR count). The van der Waals surface area contributed by atoms with Crippen molar-refractivity contribution in [2.24, 2.45) is 0 Å². The molecule has 148 valence electrons. The summed E-state index contributed by atoms with van der Waals surface area (Å²) < 4.78 is 5.11. The summed E-state index contributed by atoms with van der Waals surface area (Å²) in [6.07, 6.45) is 0. The molecular weight excluding hydrogens is 366 g/mol. The number of hydrogen-bond donors (Lipinski definition) is 2. The van der Waals surface area contributed by atoms with Crippen molar-refractivity contribution in [2.45, 2.75) is 12.8 Å². The molecule has 2 N–H and O–H groups in total. The van der Waals surface area contributed by atoms with Crippen LogP contribution in [0.25, 0.3) is 11.1 Å². The van der Waals surface area contributed by atoms with Crippen LogP contribution in [0.1, 0.15) is 28.8 Å². The fourth-order valence-corrected chi connectivity index (χ4v) is 2.88. The van der Waals surface area contributed by atoms with E-state index in [0.717, 1.165) is 16.7 Å². The van der Waals surface area contributed by atoms with Gasteiger partial charge in [-0.1, -0.05) is 61.5 Å². The Morgan fingerprint density at radius 2 is 1.48 bits per heavy atom. The third-order valence-electron chi connectivity index (χ3n) is 4.63. The molecule has 0 aromatic heterocycles. The van der Waals surface area contributed by atoms with E-state index in [9.17, 15) is 14.7 Å². The van der Waals surface area contributed by atoms with Crippen molar-refractivity contribution in [1.82, 2.24) is 5.32 Å². The number of carbonyl (C=O) groups excluding carboxylic acids is 2. The lowest BCUT2D eigenvalue weighted by molar-refractivity contribution is -0.124. The summed E-state index contributed by atoms with van der Waals surface area (Å²) in [5, 5.41) is 12.1. The summed E-state index contributed by atoms with van der Waals surface area (Å²) in [5.41, 5.74) is 3.35. The van der Waals surface area contributed by atoms with Gasteiger partial charge in [-0.3, -0.25) is 4.79 Å². The molecule has 0 heterocycles. The number of carbonyl (C=O) groups is 2. The second-order valence-corrected chi connectivity index (χ2v) is 6.82. The Morgan fingerprint density at radius 3 is 2.10 bits per heavy atom. The molecule has 0 saturated carbocycles. The number of phenols is 1. The monoisotopic (exact) mass is 389 g/mol. The second-order valence-electron chi connectivity index (χ2n) is 6.82. The van der Waals surface area contributed by atoms with Crippen molar-refractivity contribution in [3.05, 3.63) is 90.0 Å². The zero-order chi connectivity index (χ0) is 20.6. The molecule has 0 bridgehead atoms. The average Bonchev–Trinajstić information content (AvgIpc) is 2.77. The van der Waals surface area contributed by atoms with Crippen molar-refractivity contribution < 1.29 is 19.4 Å². The maximum Gasteiger partial charge on any atom is 0.338 e. The van der Waals surface area contributed by atoms with Gasteiger partial charge in [0.05, 0.1) is 5.56 Å². The summed E-state index contributed by atoms with van der Waals surface area (Å²) in [7, 11) is 0. The molecule has 3 aromatic carbocycles. The molecule has 0 aliphatic heterocycles. The second kappa shape index (κ2) is 9.55. The Labute approximate surface area is 170 Å². The van der Waals surface area contributed by atoms with E-state index in [-0.39, 0.29) is 24.2 Å². The van der Waals surface area contributed by atoms with E-state index in [4.69, 9.17) is 4.74 Å². The molecule has 5 heteroatoms. The molecular formula is C24H23NO4. The first-order valence-electron chi connectivity index (χ1n) is 9.41. The van der Waals surface area contributed by atoms with E-state index in [0.29, 0.717) is 12.1 Å². The number of benzene rings is 3. The topological polar surface area (TPSA) is 75.6 Å². The first-order chi connectivity index (χ1) is 14.0. The Balaban J connectivity index is 1.47. The minimum atomic E-state index is -0.548. The average molecular weight is 389 g/mol. The van der Waals surface area contributed by atoms with Gasteiger partial charge in [-0.05, 0) is 46.9 Å². The van der Waals surface area contributed by atoms with Crippen molar-refractivity contribution in [1.29, 1.82) is 0 Å². The summed E-state index contributed by atoms with van der Waals surface area (Å²) in [6, 6.07) is 23.6. The van der Waals surface area contributed by atoms with Crippen molar-refractivity contribution in [2.75, 3.05) is 13.2 Å². The summed E-state index contributed by atoms with van der Waals surface area (Å²) in [6.45, 7) is 2.18. The third-order valence-corrected chi connectivity index (χ3v) is 4.63. The molecule has 1 amide bonds. The molecule has 3 aromatic rings. The number of ether oxygens (including phenoxy) is 1. The molecule has 29 heavy (non-hydrogen) atoms. The molecule has 0 spiro atoms. The van der Waals surface area contributed by atoms with Gasteiger partial charge >= 0.3 is 5.97 Å². The minimum Gasteiger partial charge on any atom is -0.508 e. The molecule has 5 nitrogen and oxygen atoms in total. The first-order valence-corrected chi connectivity index (χ1v) is 9.41. The number of amides is 1. The normalized spacial score (nSPS) is 11.5. The van der Waals surface area contributed by atoms with Gasteiger partial charge in [0.2, 0.25) is 0 Å². The lowest BCUT2D eigenvalue weighted by Gasteiger charge is -2.13. The fraction of sp³-hybridized carbons (Fsp3) is 0.167. The van der Waals surface area contributed by atoms with Crippen molar-refractivity contribution in [3.63, 3.8) is 0 Å². The lowest BCUT2D eigenvalue weighted by atomic mass is 10.0. The molecule has 0 aliphatic carbocycles. The van der Waals surface area contributed by atoms with E-state index in [1.54, 1.807) is 48.5 Å². The van der Waals surface area contributed by atoms with E-state index < -0.39 is 5.97 Å². The fourth-order valence-electron chi connectivity index (χ4n) is 2.88. The quantitative estimate of drug-likeness (QED) is 0.596. The number of aromatic hydroxyl groups is 1. The number of rotatable bonds is 7. The molecule has 0 radical (unpaired) electrons. The largest absolute Gasteiger partial charge is 0.508 e. The zero-order valence-corrected chi connectivity index (χ0v) is 16.2. The predicted octanol–water partition coefficient (Wildman–Crippen LogP) is 4.14. The van der Waals surface area contributed by atoms with Gasteiger partial charge in [0.15, 0.2) is 6.61 Å². The Morgan fingerprint density at radius 1 is 0.897 bits per heavy atom. The highest BCUT2D eigenvalue weighted by Crippen LogP contribution is 2.22. The highest BCUT2D eigenvalue weighted by Gasteiger charge is 2.12. The number of hydrogen-bond acceptors (Lipinski definition) is 4. The van der Waals surface area contributed by atoms with Gasteiger partial charge in [0, 0.05) is 6.54 Å². The van der Waals surface area contributed by atoms with E-state index >= 15 is 0 Å². The first kappa shape index (κ1) is 20.1. The van der Waals surface area contributed by atoms with Gasteiger partial charge in [-0.2, -0.15) is 0 Å². The molecule has 0 fully saturated rings. The molecule has 0 unspecified atom stereocenters. The smallest absolute Gasteiger partial charge is 0.338 e. The zero-order valence-electron chi connectivity index (χ0n) is 16.2. The highest BCUT2D eigenvalue weighted by atomic mass is 16.5. The number of nitrogens with one attached hydrogen (secondary N) is 1. The Hall–Kier alpha value is -3.60. The molecule has 0 saturated heterocycles. The van der Waals surface area contributed by atoms with E-state index in [1.807, 2.05) is 37.3 Å². The van der Waals surface area contributed by atoms with Crippen LogP contribution in [0.5, 0.6) is 5.75 Å².